The lowest BCUT2D eigenvalue weighted by Crippen LogP contribution is -2.43. The predicted octanol–water partition coefficient (Wildman–Crippen LogP) is 1.09. The van der Waals surface area contributed by atoms with Crippen LogP contribution in [0.15, 0.2) is 29.3 Å². The van der Waals surface area contributed by atoms with Gasteiger partial charge in [0.05, 0.1) is 31.3 Å². The summed E-state index contributed by atoms with van der Waals surface area (Å²) in [6.07, 6.45) is 0.623. The molecule has 146 valence electrons. The van der Waals surface area contributed by atoms with E-state index in [0.29, 0.717) is 45.4 Å². The molecule has 26 heavy (non-hydrogen) atoms. The Bertz CT molecular complexity index is 691. The van der Waals surface area contributed by atoms with Gasteiger partial charge in [-0.2, -0.15) is 0 Å². The molecule has 0 saturated carbocycles. The highest BCUT2D eigenvalue weighted by Gasteiger charge is 2.28. The van der Waals surface area contributed by atoms with Crippen molar-refractivity contribution >= 4 is 15.8 Å². The van der Waals surface area contributed by atoms with Crippen LogP contribution in [-0.2, 0) is 32.5 Å². The van der Waals surface area contributed by atoms with Gasteiger partial charge in [0.1, 0.15) is 0 Å². The number of nitrogens with zero attached hydrogens (tertiary/aromatic N) is 1. The van der Waals surface area contributed by atoms with Crippen LogP contribution >= 0.6 is 0 Å². The molecule has 1 aliphatic rings. The van der Waals surface area contributed by atoms with Gasteiger partial charge in [0.2, 0.25) is 0 Å². The van der Waals surface area contributed by atoms with E-state index >= 15 is 0 Å². The van der Waals surface area contributed by atoms with Crippen LogP contribution in [0.25, 0.3) is 0 Å². The third-order valence-electron chi connectivity index (χ3n) is 4.09. The number of ether oxygens (including phenoxy) is 2. The Morgan fingerprint density at radius 2 is 2.04 bits per heavy atom. The molecule has 1 heterocycles. The molecule has 1 saturated heterocycles. The molecule has 0 aromatic heterocycles. The number of hydrogen-bond donors (Lipinski definition) is 2. The lowest BCUT2D eigenvalue weighted by Gasteiger charge is -2.16. The summed E-state index contributed by atoms with van der Waals surface area (Å²) < 4.78 is 33.9. The Morgan fingerprint density at radius 1 is 1.27 bits per heavy atom. The summed E-state index contributed by atoms with van der Waals surface area (Å²) in [7, 11) is -1.22. The predicted molar refractivity (Wildman–Crippen MR) is 103 cm³/mol. The number of guanidine groups is 1. The smallest absolute Gasteiger partial charge is 0.191 e. The van der Waals surface area contributed by atoms with E-state index in [1.165, 1.54) is 0 Å². The van der Waals surface area contributed by atoms with Gasteiger partial charge in [-0.3, -0.25) is 4.99 Å². The molecule has 0 amide bonds. The van der Waals surface area contributed by atoms with Crippen molar-refractivity contribution < 1.29 is 17.9 Å². The average molecular weight is 384 g/mol. The molecule has 2 rings (SSSR count). The second-order valence-electron chi connectivity index (χ2n) is 6.24. The van der Waals surface area contributed by atoms with Crippen molar-refractivity contribution in [3.8, 4) is 0 Å². The third kappa shape index (κ3) is 7.31. The summed E-state index contributed by atoms with van der Waals surface area (Å²) in [5.41, 5.74) is 2.21. The monoisotopic (exact) mass is 383 g/mol. The fourth-order valence-electron chi connectivity index (χ4n) is 2.76. The first-order chi connectivity index (χ1) is 12.5. The lowest BCUT2D eigenvalue weighted by molar-refractivity contribution is 0.0453. The van der Waals surface area contributed by atoms with Crippen molar-refractivity contribution in [3.05, 3.63) is 35.4 Å². The molecule has 1 fully saturated rings. The van der Waals surface area contributed by atoms with Crippen LogP contribution in [0.4, 0.5) is 0 Å². The first kappa shape index (κ1) is 20.7. The molecular formula is C18H29N3O4S. The molecule has 8 heteroatoms. The summed E-state index contributed by atoms with van der Waals surface area (Å²) >= 11 is 0. The topological polar surface area (TPSA) is 89.0 Å². The molecule has 0 radical (unpaired) electrons. The van der Waals surface area contributed by atoms with Gasteiger partial charge in [0.25, 0.3) is 0 Å². The van der Waals surface area contributed by atoms with Crippen molar-refractivity contribution in [2.24, 2.45) is 4.99 Å². The average Bonchev–Trinajstić information content (AvgIpc) is 2.97. The normalized spacial score (nSPS) is 19.5. The largest absolute Gasteiger partial charge is 0.379 e. The fourth-order valence-corrected chi connectivity index (χ4v) is 4.44. The molecule has 1 aromatic carbocycles. The van der Waals surface area contributed by atoms with E-state index < -0.39 is 9.84 Å². The Hall–Kier alpha value is -1.64. The van der Waals surface area contributed by atoms with Crippen molar-refractivity contribution in [3.63, 3.8) is 0 Å². The Labute approximate surface area is 156 Å². The summed E-state index contributed by atoms with van der Waals surface area (Å²) in [5.74, 6) is 1.03. The number of rotatable bonds is 9. The quantitative estimate of drug-likeness (QED) is 0.377. The van der Waals surface area contributed by atoms with E-state index in [9.17, 15) is 8.42 Å². The molecule has 1 unspecified atom stereocenters. The highest BCUT2D eigenvalue weighted by molar-refractivity contribution is 7.91. The number of hydrogen-bond acceptors (Lipinski definition) is 5. The van der Waals surface area contributed by atoms with E-state index in [1.54, 1.807) is 7.05 Å². The molecule has 2 N–H and O–H groups in total. The molecule has 1 aliphatic heterocycles. The minimum absolute atomic E-state index is 0.0729. The Morgan fingerprint density at radius 3 is 2.73 bits per heavy atom. The first-order valence-corrected chi connectivity index (χ1v) is 10.8. The standard InChI is InChI=1S/C18H29N3O4S/c1-3-24-8-9-25-13-16-6-4-5-15(11-16)12-20-18(19-2)21-17-7-10-26(22,23)14-17/h4-6,11,17H,3,7-10,12-14H2,1-2H3,(H2,19,20,21). The summed E-state index contributed by atoms with van der Waals surface area (Å²) in [5, 5.41) is 6.42. The highest BCUT2D eigenvalue weighted by Crippen LogP contribution is 2.11. The fraction of sp³-hybridized carbons (Fsp3) is 0.611. The lowest BCUT2D eigenvalue weighted by atomic mass is 10.1. The second-order valence-corrected chi connectivity index (χ2v) is 8.47. The van der Waals surface area contributed by atoms with Crippen LogP contribution in [0.2, 0.25) is 0 Å². The van der Waals surface area contributed by atoms with Crippen molar-refractivity contribution in [2.75, 3.05) is 38.4 Å². The van der Waals surface area contributed by atoms with Gasteiger partial charge in [-0.15, -0.1) is 0 Å². The minimum atomic E-state index is -2.91. The zero-order chi connectivity index (χ0) is 18.8. The van der Waals surface area contributed by atoms with Crippen LogP contribution in [0.5, 0.6) is 0 Å². The zero-order valence-electron chi connectivity index (χ0n) is 15.5. The van der Waals surface area contributed by atoms with Crippen molar-refractivity contribution in [2.45, 2.75) is 32.5 Å². The highest BCUT2D eigenvalue weighted by atomic mass is 32.2. The van der Waals surface area contributed by atoms with E-state index in [2.05, 4.69) is 21.7 Å². The zero-order valence-corrected chi connectivity index (χ0v) is 16.3. The van der Waals surface area contributed by atoms with E-state index in [-0.39, 0.29) is 17.5 Å². The minimum Gasteiger partial charge on any atom is -0.379 e. The molecule has 1 aromatic rings. The maximum absolute atomic E-state index is 11.6. The SMILES string of the molecule is CCOCCOCc1cccc(CNC(=NC)NC2CCS(=O)(=O)C2)c1. The van der Waals surface area contributed by atoms with Crippen molar-refractivity contribution in [1.82, 2.24) is 10.6 Å². The van der Waals surface area contributed by atoms with Crippen LogP contribution in [0.1, 0.15) is 24.5 Å². The molecule has 0 bridgehead atoms. The Kier molecular flexibility index (Phi) is 8.34. The van der Waals surface area contributed by atoms with Crippen LogP contribution < -0.4 is 10.6 Å². The van der Waals surface area contributed by atoms with Gasteiger partial charge < -0.3 is 20.1 Å². The second kappa shape index (κ2) is 10.5. The molecular weight excluding hydrogens is 354 g/mol. The van der Waals surface area contributed by atoms with E-state index in [1.807, 2.05) is 25.1 Å². The third-order valence-corrected chi connectivity index (χ3v) is 5.86. The number of benzene rings is 1. The summed E-state index contributed by atoms with van der Waals surface area (Å²) in [6, 6.07) is 8.07. The van der Waals surface area contributed by atoms with Gasteiger partial charge >= 0.3 is 0 Å². The molecule has 0 spiro atoms. The molecule has 1 atom stereocenters. The van der Waals surface area contributed by atoms with Gasteiger partial charge in [-0.05, 0) is 24.5 Å². The number of nitrogens with one attached hydrogen (secondary N) is 2. The summed E-state index contributed by atoms with van der Waals surface area (Å²) in [6.45, 7) is 5.00. The summed E-state index contributed by atoms with van der Waals surface area (Å²) in [4.78, 5) is 4.18. The van der Waals surface area contributed by atoms with Gasteiger partial charge in [-0.1, -0.05) is 24.3 Å². The van der Waals surface area contributed by atoms with E-state index in [0.717, 1.165) is 11.1 Å². The number of aliphatic imine (C=N–C) groups is 1. The van der Waals surface area contributed by atoms with Crippen LogP contribution in [-0.4, -0.2) is 58.8 Å². The molecule has 7 nitrogen and oxygen atoms in total. The van der Waals surface area contributed by atoms with Crippen LogP contribution in [0, 0.1) is 0 Å². The molecule has 0 aliphatic carbocycles. The van der Waals surface area contributed by atoms with E-state index in [4.69, 9.17) is 9.47 Å². The maximum atomic E-state index is 11.6. The number of sulfone groups is 1. The van der Waals surface area contributed by atoms with Gasteiger partial charge in [-0.25, -0.2) is 8.42 Å². The van der Waals surface area contributed by atoms with Gasteiger partial charge in [0.15, 0.2) is 15.8 Å². The first-order valence-electron chi connectivity index (χ1n) is 8.93. The Balaban J connectivity index is 1.77. The van der Waals surface area contributed by atoms with Crippen molar-refractivity contribution in [1.29, 1.82) is 0 Å². The van der Waals surface area contributed by atoms with Crippen LogP contribution in [0.3, 0.4) is 0 Å². The van der Waals surface area contributed by atoms with Gasteiger partial charge in [0, 0.05) is 26.2 Å². The maximum Gasteiger partial charge on any atom is 0.191 e.